The molecule has 1 fully saturated rings. The molecule has 0 aromatic carbocycles. The molecule has 0 aromatic rings. The number of halogens is 3. The van der Waals surface area contributed by atoms with Crippen molar-refractivity contribution >= 4 is 5.91 Å². The summed E-state index contributed by atoms with van der Waals surface area (Å²) in [7, 11) is 3.40. The molecule has 1 N–H and O–H groups in total. The number of hydrogen-bond acceptors (Lipinski definition) is 2. The Labute approximate surface area is 112 Å². The summed E-state index contributed by atoms with van der Waals surface area (Å²) in [5.74, 6) is -1.11. The average molecular weight is 280 g/mol. The summed E-state index contributed by atoms with van der Waals surface area (Å²) < 4.78 is 37.9. The lowest BCUT2D eigenvalue weighted by Gasteiger charge is -2.31. The molecule has 112 valence electrons. The number of rotatable bonds is 5. The Morgan fingerprint density at radius 1 is 1.32 bits per heavy atom. The molecule has 2 atom stereocenters. The summed E-state index contributed by atoms with van der Waals surface area (Å²) in [4.78, 5) is 12.9. The van der Waals surface area contributed by atoms with Crippen molar-refractivity contribution in [3.05, 3.63) is 0 Å². The molecule has 0 bridgehead atoms. The fourth-order valence-electron chi connectivity index (χ4n) is 2.44. The van der Waals surface area contributed by atoms with E-state index in [1.165, 1.54) is 4.90 Å². The zero-order valence-corrected chi connectivity index (χ0v) is 11.6. The van der Waals surface area contributed by atoms with Crippen molar-refractivity contribution in [2.45, 2.75) is 50.7 Å². The van der Waals surface area contributed by atoms with E-state index in [0.717, 1.165) is 6.42 Å². The molecule has 1 saturated carbocycles. The monoisotopic (exact) mass is 280 g/mol. The van der Waals surface area contributed by atoms with Crippen LogP contribution in [0.2, 0.25) is 0 Å². The fraction of sp³-hybridized carbons (Fsp3) is 0.923. The molecule has 0 unspecified atom stereocenters. The summed E-state index contributed by atoms with van der Waals surface area (Å²) in [6.45, 7) is 0.606. The summed E-state index contributed by atoms with van der Waals surface area (Å²) in [6, 6.07) is -0.0603. The van der Waals surface area contributed by atoms with E-state index in [-0.39, 0.29) is 24.8 Å². The molecule has 19 heavy (non-hydrogen) atoms. The molecule has 0 aromatic heterocycles. The number of amides is 1. The second-order valence-corrected chi connectivity index (χ2v) is 5.45. The molecule has 1 rings (SSSR count). The van der Waals surface area contributed by atoms with Gasteiger partial charge >= 0.3 is 6.18 Å². The van der Waals surface area contributed by atoms with E-state index in [0.29, 0.717) is 25.8 Å². The van der Waals surface area contributed by atoms with Gasteiger partial charge in [-0.05, 0) is 32.2 Å². The number of carbonyl (C=O) groups is 1. The topological polar surface area (TPSA) is 32.3 Å². The highest BCUT2D eigenvalue weighted by molar-refractivity contribution is 5.75. The van der Waals surface area contributed by atoms with Gasteiger partial charge in [-0.1, -0.05) is 6.42 Å². The van der Waals surface area contributed by atoms with Gasteiger partial charge in [-0.25, -0.2) is 0 Å². The molecule has 1 aliphatic rings. The highest BCUT2D eigenvalue weighted by Crippen LogP contribution is 2.37. The Hall–Kier alpha value is -0.780. The van der Waals surface area contributed by atoms with Crippen molar-refractivity contribution in [2.75, 3.05) is 20.6 Å². The molecule has 6 heteroatoms. The normalized spacial score (nSPS) is 24.3. The van der Waals surface area contributed by atoms with Gasteiger partial charge < -0.3 is 10.2 Å². The van der Waals surface area contributed by atoms with E-state index in [1.54, 1.807) is 14.1 Å². The largest absolute Gasteiger partial charge is 0.391 e. The Morgan fingerprint density at radius 2 is 2.00 bits per heavy atom. The van der Waals surface area contributed by atoms with Crippen LogP contribution in [-0.4, -0.2) is 43.7 Å². The lowest BCUT2D eigenvalue weighted by Crippen LogP contribution is -2.39. The van der Waals surface area contributed by atoms with Crippen LogP contribution < -0.4 is 5.32 Å². The van der Waals surface area contributed by atoms with Crippen LogP contribution in [0.25, 0.3) is 0 Å². The molecular formula is C13H23F3N2O. The van der Waals surface area contributed by atoms with Gasteiger partial charge in [-0.2, -0.15) is 13.2 Å². The molecule has 1 amide bonds. The van der Waals surface area contributed by atoms with Crippen molar-refractivity contribution in [3.8, 4) is 0 Å². The van der Waals surface area contributed by atoms with Crippen LogP contribution in [0, 0.1) is 5.92 Å². The van der Waals surface area contributed by atoms with Crippen LogP contribution in [-0.2, 0) is 4.79 Å². The predicted octanol–water partition coefficient (Wildman–Crippen LogP) is 2.57. The first kappa shape index (κ1) is 16.3. The van der Waals surface area contributed by atoms with E-state index in [4.69, 9.17) is 0 Å². The maximum absolute atomic E-state index is 12.6. The standard InChI is InChI=1S/C13H23F3N2O/c1-18(2)12(19)7-4-8-17-11-6-3-5-10(9-11)13(14,15)16/h10-11,17H,3-9H2,1-2H3/t10-,11+/m1/s1. The molecule has 1 aliphatic carbocycles. The first-order chi connectivity index (χ1) is 8.80. The van der Waals surface area contributed by atoms with E-state index in [9.17, 15) is 18.0 Å². The lowest BCUT2D eigenvalue weighted by atomic mass is 9.85. The van der Waals surface area contributed by atoms with Gasteiger partial charge in [0.15, 0.2) is 0 Å². The van der Waals surface area contributed by atoms with Crippen molar-refractivity contribution in [1.82, 2.24) is 10.2 Å². The van der Waals surface area contributed by atoms with Crippen LogP contribution in [0.5, 0.6) is 0 Å². The summed E-state index contributed by atoms with van der Waals surface area (Å²) in [5, 5.41) is 3.15. The quantitative estimate of drug-likeness (QED) is 0.785. The SMILES string of the molecule is CN(C)C(=O)CCCN[C@H]1CCC[C@@H](C(F)(F)F)C1. The van der Waals surface area contributed by atoms with Gasteiger partial charge in [0, 0.05) is 26.6 Å². The van der Waals surface area contributed by atoms with Crippen LogP contribution in [0.1, 0.15) is 38.5 Å². The van der Waals surface area contributed by atoms with E-state index in [2.05, 4.69) is 5.32 Å². The molecule has 0 saturated heterocycles. The minimum absolute atomic E-state index is 0.0543. The summed E-state index contributed by atoms with van der Waals surface area (Å²) in [5.41, 5.74) is 0. The lowest BCUT2D eigenvalue weighted by molar-refractivity contribution is -0.183. The predicted molar refractivity (Wildman–Crippen MR) is 67.7 cm³/mol. The highest BCUT2D eigenvalue weighted by atomic mass is 19.4. The summed E-state index contributed by atoms with van der Waals surface area (Å²) in [6.07, 6.45) is -1.11. The second kappa shape index (κ2) is 7.12. The van der Waals surface area contributed by atoms with E-state index >= 15 is 0 Å². The number of alkyl halides is 3. The Bertz CT molecular complexity index is 292. The molecule has 0 aliphatic heterocycles. The van der Waals surface area contributed by atoms with Crippen LogP contribution in [0.15, 0.2) is 0 Å². The molecule has 0 spiro atoms. The first-order valence-electron chi connectivity index (χ1n) is 6.81. The van der Waals surface area contributed by atoms with Gasteiger partial charge in [-0.3, -0.25) is 4.79 Å². The third-order valence-electron chi connectivity index (χ3n) is 3.64. The third-order valence-corrected chi connectivity index (χ3v) is 3.64. The molecule has 0 radical (unpaired) electrons. The van der Waals surface area contributed by atoms with E-state index < -0.39 is 12.1 Å². The highest BCUT2D eigenvalue weighted by Gasteiger charge is 2.41. The van der Waals surface area contributed by atoms with Gasteiger partial charge in [0.2, 0.25) is 5.91 Å². The van der Waals surface area contributed by atoms with Gasteiger partial charge in [0.25, 0.3) is 0 Å². The summed E-state index contributed by atoms with van der Waals surface area (Å²) >= 11 is 0. The molecular weight excluding hydrogens is 257 g/mol. The smallest absolute Gasteiger partial charge is 0.349 e. The van der Waals surface area contributed by atoms with Crippen molar-refractivity contribution in [2.24, 2.45) is 5.92 Å². The van der Waals surface area contributed by atoms with Crippen molar-refractivity contribution in [1.29, 1.82) is 0 Å². The van der Waals surface area contributed by atoms with Crippen molar-refractivity contribution < 1.29 is 18.0 Å². The van der Waals surface area contributed by atoms with Crippen LogP contribution in [0.3, 0.4) is 0 Å². The number of nitrogens with one attached hydrogen (secondary N) is 1. The van der Waals surface area contributed by atoms with Crippen molar-refractivity contribution in [3.63, 3.8) is 0 Å². The van der Waals surface area contributed by atoms with Crippen LogP contribution in [0.4, 0.5) is 13.2 Å². The molecule has 3 nitrogen and oxygen atoms in total. The fourth-order valence-corrected chi connectivity index (χ4v) is 2.44. The number of hydrogen-bond donors (Lipinski definition) is 1. The minimum atomic E-state index is -4.07. The number of nitrogens with zero attached hydrogens (tertiary/aromatic N) is 1. The first-order valence-corrected chi connectivity index (χ1v) is 6.81. The minimum Gasteiger partial charge on any atom is -0.349 e. The number of carbonyl (C=O) groups excluding carboxylic acids is 1. The maximum Gasteiger partial charge on any atom is 0.391 e. The Morgan fingerprint density at radius 3 is 2.58 bits per heavy atom. The Kier molecular flexibility index (Phi) is 6.10. The average Bonchev–Trinajstić information content (AvgIpc) is 2.33. The Balaban J connectivity index is 2.21. The van der Waals surface area contributed by atoms with Gasteiger partial charge in [0.05, 0.1) is 5.92 Å². The third kappa shape index (κ3) is 5.80. The maximum atomic E-state index is 12.6. The van der Waals surface area contributed by atoms with Gasteiger partial charge in [-0.15, -0.1) is 0 Å². The van der Waals surface area contributed by atoms with E-state index in [1.807, 2.05) is 0 Å². The zero-order valence-electron chi connectivity index (χ0n) is 11.6. The van der Waals surface area contributed by atoms with Gasteiger partial charge in [0.1, 0.15) is 0 Å². The van der Waals surface area contributed by atoms with Crippen LogP contribution >= 0.6 is 0 Å². The molecule has 0 heterocycles. The second-order valence-electron chi connectivity index (χ2n) is 5.45. The zero-order chi connectivity index (χ0) is 14.5.